The molecule has 0 N–H and O–H groups in total. The third kappa shape index (κ3) is 5.68. The molecule has 0 unspecified atom stereocenters. The Morgan fingerprint density at radius 2 is 1.75 bits per heavy atom. The molecular weight excluding hydrogens is 382 g/mol. The second kappa shape index (κ2) is 9.52. The van der Waals surface area contributed by atoms with Crippen molar-refractivity contribution >= 4 is 23.2 Å². The second-order valence-corrected chi connectivity index (χ2v) is 7.11. The number of amides is 1. The third-order valence-electron chi connectivity index (χ3n) is 4.67. The van der Waals surface area contributed by atoms with E-state index in [0.717, 1.165) is 31.1 Å². The van der Waals surface area contributed by atoms with E-state index in [1.807, 2.05) is 29.2 Å². The predicted octanol–water partition coefficient (Wildman–Crippen LogP) is 3.36. The molecule has 0 aromatic heterocycles. The number of nitrogens with zero attached hydrogens (tertiary/aromatic N) is 3. The van der Waals surface area contributed by atoms with Crippen molar-refractivity contribution in [3.63, 3.8) is 0 Å². The van der Waals surface area contributed by atoms with Crippen LogP contribution in [0.2, 0.25) is 5.02 Å². The molecule has 2 aromatic rings. The number of benzene rings is 2. The van der Waals surface area contributed by atoms with Gasteiger partial charge in [-0.05, 0) is 36.2 Å². The van der Waals surface area contributed by atoms with Crippen LogP contribution in [0.3, 0.4) is 0 Å². The van der Waals surface area contributed by atoms with Crippen molar-refractivity contribution in [2.24, 2.45) is 0 Å². The lowest BCUT2D eigenvalue weighted by Crippen LogP contribution is -2.38. The van der Waals surface area contributed by atoms with Gasteiger partial charge in [0.05, 0.1) is 4.92 Å². The Labute approximate surface area is 168 Å². The first kappa shape index (κ1) is 20.1. The van der Waals surface area contributed by atoms with Crippen LogP contribution in [0.15, 0.2) is 48.5 Å². The second-order valence-electron chi connectivity index (χ2n) is 6.68. The maximum absolute atomic E-state index is 12.5. The Bertz CT molecular complexity index is 811. The summed E-state index contributed by atoms with van der Waals surface area (Å²) in [4.78, 5) is 26.8. The normalized spacial score (nSPS) is 15.1. The van der Waals surface area contributed by atoms with Crippen LogP contribution in [-0.4, -0.2) is 53.4 Å². The third-order valence-corrected chi connectivity index (χ3v) is 4.92. The van der Waals surface area contributed by atoms with Gasteiger partial charge in [-0.3, -0.25) is 19.8 Å². The summed E-state index contributed by atoms with van der Waals surface area (Å²) in [6.45, 7) is 3.82. The maximum Gasteiger partial charge on any atom is 0.269 e. The van der Waals surface area contributed by atoms with Crippen molar-refractivity contribution in [3.05, 3.63) is 69.2 Å². The summed E-state index contributed by atoms with van der Waals surface area (Å²) >= 11 is 5.93. The molecule has 1 fully saturated rings. The SMILES string of the molecule is O=C(COc1ccc([N+](=O)[O-])cc1)N1CCCN(Cc2ccc(Cl)cc2)CC1. The molecule has 1 heterocycles. The summed E-state index contributed by atoms with van der Waals surface area (Å²) in [5.41, 5.74) is 1.19. The standard InChI is InChI=1S/C20H22ClN3O4/c21-17-4-2-16(3-5-17)14-22-10-1-11-23(13-12-22)20(25)15-28-19-8-6-18(7-9-19)24(26)27/h2-9H,1,10-15H2. The van der Waals surface area contributed by atoms with Gasteiger partial charge in [0.2, 0.25) is 0 Å². The molecule has 1 aliphatic rings. The zero-order chi connectivity index (χ0) is 19.9. The number of rotatable bonds is 6. The van der Waals surface area contributed by atoms with Gasteiger partial charge in [-0.1, -0.05) is 23.7 Å². The van der Waals surface area contributed by atoms with E-state index in [-0.39, 0.29) is 18.2 Å². The minimum absolute atomic E-state index is 0.00743. The van der Waals surface area contributed by atoms with Crippen LogP contribution >= 0.6 is 11.6 Å². The smallest absolute Gasteiger partial charge is 0.269 e. The molecule has 0 spiro atoms. The molecule has 1 aliphatic heterocycles. The summed E-state index contributed by atoms with van der Waals surface area (Å²) in [5.74, 6) is 0.366. The number of carbonyl (C=O) groups is 1. The summed E-state index contributed by atoms with van der Waals surface area (Å²) < 4.78 is 5.49. The van der Waals surface area contributed by atoms with Crippen molar-refractivity contribution in [2.75, 3.05) is 32.8 Å². The van der Waals surface area contributed by atoms with Gasteiger partial charge in [0.25, 0.3) is 11.6 Å². The number of carbonyl (C=O) groups excluding carboxylic acids is 1. The molecule has 3 rings (SSSR count). The number of ether oxygens (including phenoxy) is 1. The monoisotopic (exact) mass is 403 g/mol. The van der Waals surface area contributed by atoms with E-state index in [2.05, 4.69) is 4.90 Å². The van der Waals surface area contributed by atoms with E-state index in [1.54, 1.807) is 0 Å². The van der Waals surface area contributed by atoms with Gasteiger partial charge in [-0.25, -0.2) is 0 Å². The Balaban J connectivity index is 1.47. The number of hydrogen-bond donors (Lipinski definition) is 0. The quantitative estimate of drug-likeness (QED) is 0.546. The largest absolute Gasteiger partial charge is 0.484 e. The molecule has 1 saturated heterocycles. The lowest BCUT2D eigenvalue weighted by atomic mass is 10.2. The van der Waals surface area contributed by atoms with Crippen molar-refractivity contribution in [1.29, 1.82) is 0 Å². The van der Waals surface area contributed by atoms with Crippen molar-refractivity contribution in [2.45, 2.75) is 13.0 Å². The lowest BCUT2D eigenvalue weighted by molar-refractivity contribution is -0.384. The lowest BCUT2D eigenvalue weighted by Gasteiger charge is -2.22. The predicted molar refractivity (Wildman–Crippen MR) is 107 cm³/mol. The van der Waals surface area contributed by atoms with Crippen LogP contribution in [-0.2, 0) is 11.3 Å². The molecule has 0 aliphatic carbocycles. The number of nitro benzene ring substituents is 1. The van der Waals surface area contributed by atoms with E-state index in [1.165, 1.54) is 29.8 Å². The van der Waals surface area contributed by atoms with Gasteiger partial charge in [-0.15, -0.1) is 0 Å². The molecule has 0 bridgehead atoms. The highest BCUT2D eigenvalue weighted by Crippen LogP contribution is 2.18. The molecule has 8 heteroatoms. The Kier molecular flexibility index (Phi) is 6.84. The fraction of sp³-hybridized carbons (Fsp3) is 0.350. The van der Waals surface area contributed by atoms with Gasteiger partial charge < -0.3 is 9.64 Å². The zero-order valence-electron chi connectivity index (χ0n) is 15.4. The van der Waals surface area contributed by atoms with Crippen LogP contribution in [0.4, 0.5) is 5.69 Å². The zero-order valence-corrected chi connectivity index (χ0v) is 16.2. The first-order valence-electron chi connectivity index (χ1n) is 9.13. The van der Waals surface area contributed by atoms with Crippen molar-refractivity contribution in [1.82, 2.24) is 9.80 Å². The first-order valence-corrected chi connectivity index (χ1v) is 9.51. The summed E-state index contributed by atoms with van der Waals surface area (Å²) in [5, 5.41) is 11.4. The molecular formula is C20H22ClN3O4. The summed E-state index contributed by atoms with van der Waals surface area (Å²) in [6, 6.07) is 13.5. The molecule has 0 atom stereocenters. The Morgan fingerprint density at radius 1 is 1.04 bits per heavy atom. The molecule has 1 amide bonds. The van der Waals surface area contributed by atoms with Gasteiger partial charge in [0.1, 0.15) is 5.75 Å². The van der Waals surface area contributed by atoms with E-state index < -0.39 is 4.92 Å². The average molecular weight is 404 g/mol. The van der Waals surface area contributed by atoms with E-state index in [9.17, 15) is 14.9 Å². The first-order chi connectivity index (χ1) is 13.5. The van der Waals surface area contributed by atoms with Crippen LogP contribution in [0.25, 0.3) is 0 Å². The van der Waals surface area contributed by atoms with Gasteiger partial charge in [0, 0.05) is 49.9 Å². The van der Waals surface area contributed by atoms with Crippen LogP contribution in [0.1, 0.15) is 12.0 Å². The van der Waals surface area contributed by atoms with E-state index >= 15 is 0 Å². The minimum atomic E-state index is -0.470. The fourth-order valence-corrected chi connectivity index (χ4v) is 3.25. The highest BCUT2D eigenvalue weighted by molar-refractivity contribution is 6.30. The molecule has 148 valence electrons. The van der Waals surface area contributed by atoms with Crippen molar-refractivity contribution < 1.29 is 14.5 Å². The van der Waals surface area contributed by atoms with Crippen LogP contribution < -0.4 is 4.74 Å². The average Bonchev–Trinajstić information content (AvgIpc) is 2.94. The molecule has 7 nitrogen and oxygen atoms in total. The number of non-ortho nitro benzene ring substituents is 1. The maximum atomic E-state index is 12.5. The fourth-order valence-electron chi connectivity index (χ4n) is 3.13. The Morgan fingerprint density at radius 3 is 2.43 bits per heavy atom. The van der Waals surface area contributed by atoms with Crippen molar-refractivity contribution in [3.8, 4) is 5.75 Å². The van der Waals surface area contributed by atoms with Crippen LogP contribution in [0.5, 0.6) is 5.75 Å². The number of halogens is 1. The summed E-state index contributed by atoms with van der Waals surface area (Å²) in [7, 11) is 0. The molecule has 0 radical (unpaired) electrons. The minimum Gasteiger partial charge on any atom is -0.484 e. The van der Waals surface area contributed by atoms with E-state index in [0.29, 0.717) is 18.8 Å². The van der Waals surface area contributed by atoms with E-state index in [4.69, 9.17) is 16.3 Å². The molecule has 0 saturated carbocycles. The molecule has 28 heavy (non-hydrogen) atoms. The Hall–Kier alpha value is -2.64. The van der Waals surface area contributed by atoms with Gasteiger partial charge in [0.15, 0.2) is 6.61 Å². The van der Waals surface area contributed by atoms with Gasteiger partial charge in [-0.2, -0.15) is 0 Å². The van der Waals surface area contributed by atoms with Crippen LogP contribution in [0, 0.1) is 10.1 Å². The van der Waals surface area contributed by atoms with Gasteiger partial charge >= 0.3 is 0 Å². The highest BCUT2D eigenvalue weighted by Gasteiger charge is 2.19. The number of nitro groups is 1. The molecule has 2 aromatic carbocycles. The highest BCUT2D eigenvalue weighted by atomic mass is 35.5. The topological polar surface area (TPSA) is 75.9 Å². The number of hydrogen-bond acceptors (Lipinski definition) is 5. The summed E-state index contributed by atoms with van der Waals surface area (Å²) in [6.07, 6.45) is 0.900.